The summed E-state index contributed by atoms with van der Waals surface area (Å²) in [7, 11) is 0. The highest BCUT2D eigenvalue weighted by molar-refractivity contribution is 6.02. The van der Waals surface area contributed by atoms with E-state index < -0.39 is 48.9 Å². The maximum atomic E-state index is 11.4. The maximum Gasteiger partial charge on any atom is 0.337 e. The molecule has 1 amide bonds. The van der Waals surface area contributed by atoms with E-state index in [0.29, 0.717) is 0 Å². The molecule has 0 aromatic heterocycles. The Hall–Kier alpha value is -4.09. The number of aliphatic carboxylic acids is 4. The van der Waals surface area contributed by atoms with E-state index in [1.54, 1.807) is 0 Å². The summed E-state index contributed by atoms with van der Waals surface area (Å²) in [4.78, 5) is 56.8. The van der Waals surface area contributed by atoms with Gasteiger partial charge in [0.1, 0.15) is 13.1 Å². The molecule has 1 aromatic carbocycles. The summed E-state index contributed by atoms with van der Waals surface area (Å²) in [5.74, 6) is -6.82. The molecule has 28 heavy (non-hydrogen) atoms. The Balaban J connectivity index is 3.46. The molecular weight excluding hydrogens is 378 g/mol. The number of nitrogens with one attached hydrogen (secondary N) is 2. The minimum atomic E-state index is -2.11. The van der Waals surface area contributed by atoms with Crippen molar-refractivity contribution >= 4 is 46.8 Å². The van der Waals surface area contributed by atoms with Crippen LogP contribution in [0.15, 0.2) is 30.9 Å². The summed E-state index contributed by atoms with van der Waals surface area (Å²) in [5, 5.41) is 40.7. The molecule has 0 aliphatic rings. The van der Waals surface area contributed by atoms with Crippen molar-refractivity contribution in [2.45, 2.75) is 6.04 Å². The van der Waals surface area contributed by atoms with E-state index in [-0.39, 0.29) is 17.1 Å². The van der Waals surface area contributed by atoms with Crippen molar-refractivity contribution in [2.24, 2.45) is 0 Å². The SMILES string of the molecule is C=CC(=O)Nc1ccc(N(CC(=O)O)CC(=O)O)c(NC(C(=O)O)C(=O)O)c1. The molecule has 1 rings (SSSR count). The van der Waals surface area contributed by atoms with Crippen molar-refractivity contribution in [1.82, 2.24) is 0 Å². The van der Waals surface area contributed by atoms with Crippen LogP contribution in [0, 0.1) is 0 Å². The first-order valence-corrected chi connectivity index (χ1v) is 7.53. The smallest absolute Gasteiger partial charge is 0.337 e. The van der Waals surface area contributed by atoms with E-state index >= 15 is 0 Å². The first-order chi connectivity index (χ1) is 13.0. The number of rotatable bonds is 11. The quantitative estimate of drug-likeness (QED) is 0.213. The first kappa shape index (κ1) is 22.0. The average molecular weight is 395 g/mol. The third-order valence-electron chi connectivity index (χ3n) is 3.24. The minimum Gasteiger partial charge on any atom is -0.480 e. The summed E-state index contributed by atoms with van der Waals surface area (Å²) in [6.45, 7) is 1.74. The number of anilines is 3. The topological polar surface area (TPSA) is 194 Å². The highest BCUT2D eigenvalue weighted by Crippen LogP contribution is 2.30. The van der Waals surface area contributed by atoms with E-state index in [0.717, 1.165) is 17.0 Å². The second-order valence-electron chi connectivity index (χ2n) is 5.32. The lowest BCUT2D eigenvalue weighted by Crippen LogP contribution is -2.39. The van der Waals surface area contributed by atoms with Crippen molar-refractivity contribution in [3.05, 3.63) is 30.9 Å². The summed E-state index contributed by atoms with van der Waals surface area (Å²) in [6, 6.07) is 1.55. The summed E-state index contributed by atoms with van der Waals surface area (Å²) in [5.41, 5.74) is -0.190. The monoisotopic (exact) mass is 395 g/mol. The third-order valence-corrected chi connectivity index (χ3v) is 3.24. The van der Waals surface area contributed by atoms with E-state index in [2.05, 4.69) is 17.2 Å². The normalized spacial score (nSPS) is 10.0. The zero-order valence-corrected chi connectivity index (χ0v) is 14.3. The zero-order valence-electron chi connectivity index (χ0n) is 14.3. The molecule has 0 fully saturated rings. The van der Waals surface area contributed by atoms with Crippen LogP contribution in [-0.4, -0.2) is 69.3 Å². The lowest BCUT2D eigenvalue weighted by Gasteiger charge is -2.25. The molecule has 0 heterocycles. The van der Waals surface area contributed by atoms with Crippen molar-refractivity contribution in [3.8, 4) is 0 Å². The second-order valence-corrected chi connectivity index (χ2v) is 5.32. The summed E-state index contributed by atoms with van der Waals surface area (Å²) in [6.07, 6.45) is 0.958. The average Bonchev–Trinajstić information content (AvgIpc) is 2.57. The van der Waals surface area contributed by atoms with Crippen molar-refractivity contribution < 1.29 is 44.4 Å². The molecule has 1 aromatic rings. The van der Waals surface area contributed by atoms with Crippen molar-refractivity contribution in [1.29, 1.82) is 0 Å². The molecule has 0 saturated carbocycles. The van der Waals surface area contributed by atoms with Crippen LogP contribution in [0.5, 0.6) is 0 Å². The van der Waals surface area contributed by atoms with Gasteiger partial charge in [-0.05, 0) is 24.3 Å². The molecule has 0 saturated heterocycles. The van der Waals surface area contributed by atoms with Gasteiger partial charge in [-0.3, -0.25) is 14.4 Å². The number of carbonyl (C=O) groups excluding carboxylic acids is 1. The number of amides is 1. The second kappa shape index (κ2) is 9.56. The van der Waals surface area contributed by atoms with Gasteiger partial charge in [0.25, 0.3) is 0 Å². The Bertz CT molecular complexity index is 792. The number of hydrogen-bond donors (Lipinski definition) is 6. The van der Waals surface area contributed by atoms with Gasteiger partial charge in [-0.2, -0.15) is 0 Å². The molecule has 0 unspecified atom stereocenters. The molecule has 0 bridgehead atoms. The molecule has 0 spiro atoms. The molecule has 12 nitrogen and oxygen atoms in total. The van der Waals surface area contributed by atoms with E-state index in [1.165, 1.54) is 12.1 Å². The fourth-order valence-electron chi connectivity index (χ4n) is 2.14. The predicted molar refractivity (Wildman–Crippen MR) is 95.4 cm³/mol. The van der Waals surface area contributed by atoms with Crippen molar-refractivity contribution in [3.63, 3.8) is 0 Å². The molecule has 0 atom stereocenters. The van der Waals surface area contributed by atoms with Crippen LogP contribution in [0.3, 0.4) is 0 Å². The predicted octanol–water partition coefficient (Wildman–Crippen LogP) is -0.264. The summed E-state index contributed by atoms with van der Waals surface area (Å²) < 4.78 is 0. The van der Waals surface area contributed by atoms with Crippen LogP contribution in [-0.2, 0) is 24.0 Å². The Labute approximate surface area is 157 Å². The molecule has 150 valence electrons. The largest absolute Gasteiger partial charge is 0.480 e. The fourth-order valence-corrected chi connectivity index (χ4v) is 2.14. The standard InChI is InChI=1S/C16H17N3O9/c1-2-11(20)17-8-3-4-10(19(6-12(21)22)7-13(23)24)9(5-8)18-14(15(25)26)16(27)28/h2-5,14,18H,1,6-7H2,(H,17,20)(H,21,22)(H,23,24)(H,25,26)(H,27,28). The van der Waals surface area contributed by atoms with Gasteiger partial charge in [-0.25, -0.2) is 9.59 Å². The van der Waals surface area contributed by atoms with Crippen LogP contribution >= 0.6 is 0 Å². The van der Waals surface area contributed by atoms with Crippen LogP contribution in [0.1, 0.15) is 0 Å². The molecule has 6 N–H and O–H groups in total. The fraction of sp³-hybridized carbons (Fsp3) is 0.188. The van der Waals surface area contributed by atoms with E-state index in [9.17, 15) is 24.0 Å². The zero-order chi connectivity index (χ0) is 21.4. The van der Waals surface area contributed by atoms with Crippen LogP contribution in [0.4, 0.5) is 17.1 Å². The van der Waals surface area contributed by atoms with Gasteiger partial charge >= 0.3 is 23.9 Å². The Morgan fingerprint density at radius 2 is 1.54 bits per heavy atom. The van der Waals surface area contributed by atoms with Gasteiger partial charge in [0.2, 0.25) is 11.9 Å². The Kier molecular flexibility index (Phi) is 7.50. The number of nitrogens with zero attached hydrogens (tertiary/aromatic N) is 1. The summed E-state index contributed by atoms with van der Waals surface area (Å²) >= 11 is 0. The minimum absolute atomic E-state index is 0.0890. The maximum absolute atomic E-state index is 11.4. The Morgan fingerprint density at radius 3 is 1.96 bits per heavy atom. The lowest BCUT2D eigenvalue weighted by atomic mass is 10.1. The van der Waals surface area contributed by atoms with Crippen molar-refractivity contribution in [2.75, 3.05) is 28.6 Å². The number of carboxylic acids is 4. The number of benzene rings is 1. The van der Waals surface area contributed by atoms with Crippen LogP contribution in [0.2, 0.25) is 0 Å². The molecule has 0 aliphatic carbocycles. The number of carboxylic acid groups (broad SMARTS) is 4. The van der Waals surface area contributed by atoms with Gasteiger partial charge < -0.3 is 36.0 Å². The van der Waals surface area contributed by atoms with Gasteiger partial charge in [0.15, 0.2) is 0 Å². The first-order valence-electron chi connectivity index (χ1n) is 7.53. The van der Waals surface area contributed by atoms with E-state index in [1.807, 2.05) is 0 Å². The third kappa shape index (κ3) is 6.33. The number of hydrogen-bond acceptors (Lipinski definition) is 7. The van der Waals surface area contributed by atoms with Gasteiger partial charge in [0.05, 0.1) is 11.4 Å². The van der Waals surface area contributed by atoms with Gasteiger partial charge in [-0.15, -0.1) is 0 Å². The van der Waals surface area contributed by atoms with Crippen LogP contribution < -0.4 is 15.5 Å². The molecular formula is C16H17N3O9. The highest BCUT2D eigenvalue weighted by Gasteiger charge is 2.28. The highest BCUT2D eigenvalue weighted by atomic mass is 16.4. The molecule has 0 aliphatic heterocycles. The van der Waals surface area contributed by atoms with Crippen LogP contribution in [0.25, 0.3) is 0 Å². The van der Waals surface area contributed by atoms with E-state index in [4.69, 9.17) is 20.4 Å². The molecule has 12 heteroatoms. The Morgan fingerprint density at radius 1 is 1.00 bits per heavy atom. The van der Waals surface area contributed by atoms with Gasteiger partial charge in [0, 0.05) is 5.69 Å². The van der Waals surface area contributed by atoms with Gasteiger partial charge in [-0.1, -0.05) is 6.58 Å². The lowest BCUT2D eigenvalue weighted by molar-refractivity contribution is -0.149. The number of carbonyl (C=O) groups is 5. The molecule has 0 radical (unpaired) electrons.